The van der Waals surface area contributed by atoms with Gasteiger partial charge in [-0.2, -0.15) is 0 Å². The normalized spacial score (nSPS) is 21.1. The summed E-state index contributed by atoms with van der Waals surface area (Å²) in [5.74, 6) is 0. The number of hydrogen-bond acceptors (Lipinski definition) is 4. The van der Waals surface area contributed by atoms with Crippen LogP contribution in [-0.4, -0.2) is 26.3 Å². The summed E-state index contributed by atoms with van der Waals surface area (Å²) in [5.41, 5.74) is 2.52. The van der Waals surface area contributed by atoms with Crippen LogP contribution >= 0.6 is 11.8 Å². The van der Waals surface area contributed by atoms with Crippen molar-refractivity contribution < 1.29 is 0 Å². The number of aromatic nitrogens is 3. The van der Waals surface area contributed by atoms with Crippen LogP contribution in [0.2, 0.25) is 0 Å². The van der Waals surface area contributed by atoms with Gasteiger partial charge in [0.1, 0.15) is 0 Å². The minimum atomic E-state index is 0.582. The molecule has 1 fully saturated rings. The van der Waals surface area contributed by atoms with E-state index in [1.807, 2.05) is 16.4 Å². The Labute approximate surface area is 122 Å². The van der Waals surface area contributed by atoms with Crippen molar-refractivity contribution >= 4 is 11.8 Å². The van der Waals surface area contributed by atoms with Gasteiger partial charge >= 0.3 is 0 Å². The molecule has 1 N–H and O–H groups in total. The summed E-state index contributed by atoms with van der Waals surface area (Å²) in [7, 11) is 0. The fourth-order valence-electron chi connectivity index (χ4n) is 2.61. The predicted molar refractivity (Wildman–Crippen MR) is 79.7 cm³/mol. The van der Waals surface area contributed by atoms with E-state index < -0.39 is 0 Å². The number of thioether (sulfide) groups is 1. The van der Waals surface area contributed by atoms with Crippen LogP contribution in [0.5, 0.6) is 0 Å². The first-order valence-corrected chi connectivity index (χ1v) is 8.12. The van der Waals surface area contributed by atoms with E-state index in [1.165, 1.54) is 23.3 Å². The Morgan fingerprint density at radius 2 is 2.20 bits per heavy atom. The van der Waals surface area contributed by atoms with E-state index in [0.717, 1.165) is 31.2 Å². The molecule has 0 spiro atoms. The molecular formula is C15H18N4S. The number of nitrogens with one attached hydrogen (secondary N) is 1. The van der Waals surface area contributed by atoms with E-state index in [1.54, 1.807) is 0 Å². The van der Waals surface area contributed by atoms with Gasteiger partial charge in [-0.1, -0.05) is 23.4 Å². The van der Waals surface area contributed by atoms with E-state index in [2.05, 4.69) is 46.1 Å². The smallest absolute Gasteiger partial charge is 0.0964 e. The zero-order valence-corrected chi connectivity index (χ0v) is 12.1. The first kappa shape index (κ1) is 12.4. The largest absolute Gasteiger partial charge is 0.308 e. The monoisotopic (exact) mass is 286 g/mol. The Hall–Kier alpha value is -1.33. The molecule has 4 rings (SSSR count). The Balaban J connectivity index is 1.35. The van der Waals surface area contributed by atoms with Crippen LogP contribution in [0.3, 0.4) is 0 Å². The minimum absolute atomic E-state index is 0.582. The van der Waals surface area contributed by atoms with Crippen molar-refractivity contribution in [1.82, 2.24) is 20.3 Å². The summed E-state index contributed by atoms with van der Waals surface area (Å²) in [6.45, 7) is 1.79. The number of nitrogens with zero attached hydrogens (tertiary/aromatic N) is 3. The summed E-state index contributed by atoms with van der Waals surface area (Å²) in [6.07, 6.45) is 5.84. The van der Waals surface area contributed by atoms with E-state index >= 15 is 0 Å². The maximum atomic E-state index is 4.25. The molecule has 1 aliphatic carbocycles. The molecule has 0 bridgehead atoms. The summed E-state index contributed by atoms with van der Waals surface area (Å²) < 4.78 is 1.99. The summed E-state index contributed by atoms with van der Waals surface area (Å²) in [6, 6.07) is 9.41. The van der Waals surface area contributed by atoms with Crippen LogP contribution in [0.25, 0.3) is 0 Å². The third kappa shape index (κ3) is 2.74. The van der Waals surface area contributed by atoms with Crippen LogP contribution in [0, 0.1) is 0 Å². The third-order valence-corrected chi connectivity index (χ3v) is 5.14. The van der Waals surface area contributed by atoms with Crippen molar-refractivity contribution in [2.24, 2.45) is 0 Å². The molecule has 1 saturated carbocycles. The molecule has 0 amide bonds. The molecule has 1 atom stereocenters. The molecule has 4 nitrogen and oxygen atoms in total. The van der Waals surface area contributed by atoms with E-state index in [-0.39, 0.29) is 0 Å². The number of benzene rings is 1. The fraction of sp³-hybridized carbons (Fsp3) is 0.467. The van der Waals surface area contributed by atoms with Gasteiger partial charge in [0.15, 0.2) is 0 Å². The number of fused-ring (bicyclic) bond motifs is 1. The van der Waals surface area contributed by atoms with E-state index in [0.29, 0.717) is 5.25 Å². The maximum Gasteiger partial charge on any atom is 0.0964 e. The Morgan fingerprint density at radius 1 is 1.30 bits per heavy atom. The van der Waals surface area contributed by atoms with Gasteiger partial charge in [-0.15, -0.1) is 16.9 Å². The molecule has 0 saturated heterocycles. The van der Waals surface area contributed by atoms with Gasteiger partial charge in [0.25, 0.3) is 0 Å². The van der Waals surface area contributed by atoms with Gasteiger partial charge in [0.05, 0.1) is 12.2 Å². The lowest BCUT2D eigenvalue weighted by Crippen LogP contribution is -2.15. The van der Waals surface area contributed by atoms with Gasteiger partial charge in [-0.3, -0.25) is 4.68 Å². The van der Waals surface area contributed by atoms with Crippen molar-refractivity contribution in [3.63, 3.8) is 0 Å². The molecule has 1 unspecified atom stereocenters. The van der Waals surface area contributed by atoms with Crippen LogP contribution in [-0.2, 0) is 19.5 Å². The molecule has 1 aromatic carbocycles. The zero-order valence-electron chi connectivity index (χ0n) is 11.3. The zero-order chi connectivity index (χ0) is 13.4. The SMILES string of the molecule is c1ccc2c(c1)CC(Cn1cc(CNC3CC3)nn1)S2. The molecule has 1 aromatic heterocycles. The molecular weight excluding hydrogens is 268 g/mol. The molecule has 5 heteroatoms. The third-order valence-electron chi connectivity index (χ3n) is 3.84. The maximum absolute atomic E-state index is 4.25. The molecule has 2 aromatic rings. The first-order chi connectivity index (χ1) is 9.87. The van der Waals surface area contributed by atoms with Crippen molar-refractivity contribution in [2.75, 3.05) is 0 Å². The van der Waals surface area contributed by atoms with Crippen molar-refractivity contribution in [2.45, 2.75) is 48.5 Å². The Kier molecular flexibility index (Phi) is 3.24. The highest BCUT2D eigenvalue weighted by Gasteiger charge is 2.23. The molecule has 104 valence electrons. The molecule has 1 aliphatic heterocycles. The minimum Gasteiger partial charge on any atom is -0.308 e. The van der Waals surface area contributed by atoms with Gasteiger partial charge in [0.2, 0.25) is 0 Å². The van der Waals surface area contributed by atoms with Crippen LogP contribution in [0.15, 0.2) is 35.4 Å². The predicted octanol–water partition coefficient (Wildman–Crippen LogP) is 2.25. The van der Waals surface area contributed by atoms with Crippen LogP contribution < -0.4 is 5.32 Å². The van der Waals surface area contributed by atoms with E-state index in [9.17, 15) is 0 Å². The standard InChI is InChI=1S/C15H18N4S/c1-2-4-15-11(3-1)7-14(20-15)10-19-9-13(17-18-19)8-16-12-5-6-12/h1-4,9,12,14,16H,5-8,10H2. The summed E-state index contributed by atoms with van der Waals surface area (Å²) >= 11 is 1.96. The fourth-order valence-corrected chi connectivity index (χ4v) is 3.92. The Morgan fingerprint density at radius 3 is 3.05 bits per heavy atom. The highest BCUT2D eigenvalue weighted by Crippen LogP contribution is 2.37. The van der Waals surface area contributed by atoms with Crippen LogP contribution in [0.4, 0.5) is 0 Å². The van der Waals surface area contributed by atoms with Gasteiger partial charge in [-0.05, 0) is 30.9 Å². The highest BCUT2D eigenvalue weighted by molar-refractivity contribution is 8.00. The van der Waals surface area contributed by atoms with Gasteiger partial charge in [-0.25, -0.2) is 0 Å². The molecule has 2 aliphatic rings. The Bertz CT molecular complexity index is 580. The highest BCUT2D eigenvalue weighted by atomic mass is 32.2. The summed E-state index contributed by atoms with van der Waals surface area (Å²) in [4.78, 5) is 1.42. The molecule has 20 heavy (non-hydrogen) atoms. The van der Waals surface area contributed by atoms with Gasteiger partial charge < -0.3 is 5.32 Å². The number of hydrogen-bond donors (Lipinski definition) is 1. The van der Waals surface area contributed by atoms with E-state index in [4.69, 9.17) is 0 Å². The second-order valence-corrected chi connectivity index (χ2v) is 6.98. The lowest BCUT2D eigenvalue weighted by molar-refractivity contribution is 0.572. The van der Waals surface area contributed by atoms with Crippen molar-refractivity contribution in [3.8, 4) is 0 Å². The van der Waals surface area contributed by atoms with Crippen molar-refractivity contribution in [3.05, 3.63) is 41.7 Å². The summed E-state index contributed by atoms with van der Waals surface area (Å²) in [5, 5.41) is 12.6. The number of rotatable bonds is 5. The lowest BCUT2D eigenvalue weighted by atomic mass is 10.1. The average Bonchev–Trinajstić information content (AvgIpc) is 3.04. The average molecular weight is 286 g/mol. The first-order valence-electron chi connectivity index (χ1n) is 7.24. The molecule has 2 heterocycles. The molecule has 0 radical (unpaired) electrons. The second kappa shape index (κ2) is 5.22. The van der Waals surface area contributed by atoms with Crippen LogP contribution in [0.1, 0.15) is 24.1 Å². The van der Waals surface area contributed by atoms with Gasteiger partial charge in [0, 0.05) is 28.9 Å². The quantitative estimate of drug-likeness (QED) is 0.915. The topological polar surface area (TPSA) is 42.7 Å². The van der Waals surface area contributed by atoms with Crippen molar-refractivity contribution in [1.29, 1.82) is 0 Å². The lowest BCUT2D eigenvalue weighted by Gasteiger charge is -2.07. The second-order valence-electron chi connectivity index (χ2n) is 5.64.